The molecule has 2 unspecified atom stereocenters. The van der Waals surface area contributed by atoms with Gasteiger partial charge in [0, 0.05) is 13.1 Å². The molecular weight excluding hydrogens is 240 g/mol. The van der Waals surface area contributed by atoms with E-state index in [0.29, 0.717) is 13.1 Å². The summed E-state index contributed by atoms with van der Waals surface area (Å²) in [6, 6.07) is 9.63. The van der Waals surface area contributed by atoms with Gasteiger partial charge in [-0.2, -0.15) is 0 Å². The molecule has 0 bridgehead atoms. The number of β-amino-alcohol motifs (C(OH)–C–C–N with tert-alkyl or cyclic N) is 1. The number of rotatable bonds is 4. The zero-order valence-corrected chi connectivity index (χ0v) is 11.4. The normalized spacial score (nSPS) is 23.8. The van der Waals surface area contributed by atoms with Crippen molar-refractivity contribution in [1.29, 1.82) is 0 Å². The monoisotopic (exact) mass is 262 g/mol. The molecule has 2 rings (SSSR count). The van der Waals surface area contributed by atoms with E-state index in [1.807, 2.05) is 37.3 Å². The van der Waals surface area contributed by atoms with Crippen LogP contribution in [0.4, 0.5) is 0 Å². The second-order valence-electron chi connectivity index (χ2n) is 5.62. The number of carbonyl (C=O) groups excluding carboxylic acids is 1. The van der Waals surface area contributed by atoms with Gasteiger partial charge in [0.05, 0.1) is 11.5 Å². The van der Waals surface area contributed by atoms with Gasteiger partial charge in [0.25, 0.3) is 0 Å². The van der Waals surface area contributed by atoms with Gasteiger partial charge in [0.2, 0.25) is 5.91 Å². The molecule has 1 fully saturated rings. The Morgan fingerprint density at radius 3 is 2.79 bits per heavy atom. The molecule has 1 aliphatic heterocycles. The number of nitrogens with two attached hydrogens (primary N) is 1. The fourth-order valence-corrected chi connectivity index (χ4v) is 2.76. The highest BCUT2D eigenvalue weighted by Crippen LogP contribution is 2.24. The van der Waals surface area contributed by atoms with E-state index in [9.17, 15) is 9.90 Å². The maximum atomic E-state index is 11.3. The topological polar surface area (TPSA) is 66.6 Å². The molecule has 1 aromatic carbocycles. The molecule has 0 spiro atoms. The summed E-state index contributed by atoms with van der Waals surface area (Å²) in [5.41, 5.74) is 5.37. The zero-order valence-electron chi connectivity index (χ0n) is 11.4. The van der Waals surface area contributed by atoms with Crippen molar-refractivity contribution in [3.63, 3.8) is 0 Å². The van der Waals surface area contributed by atoms with Crippen molar-refractivity contribution >= 4 is 5.91 Å². The van der Waals surface area contributed by atoms with Crippen molar-refractivity contribution in [2.24, 2.45) is 11.7 Å². The SMILES string of the molecule is CC(O)(CN1CCCC(C(N)=O)C1)c1ccccc1. The van der Waals surface area contributed by atoms with Crippen molar-refractivity contribution < 1.29 is 9.90 Å². The van der Waals surface area contributed by atoms with Crippen LogP contribution in [0.15, 0.2) is 30.3 Å². The van der Waals surface area contributed by atoms with Gasteiger partial charge in [-0.1, -0.05) is 30.3 Å². The molecule has 1 amide bonds. The highest BCUT2D eigenvalue weighted by molar-refractivity contribution is 5.76. The van der Waals surface area contributed by atoms with Gasteiger partial charge in [0.1, 0.15) is 0 Å². The van der Waals surface area contributed by atoms with Gasteiger partial charge in [-0.05, 0) is 31.9 Å². The van der Waals surface area contributed by atoms with Gasteiger partial charge in [0.15, 0.2) is 0 Å². The summed E-state index contributed by atoms with van der Waals surface area (Å²) in [6.45, 7) is 3.90. The second-order valence-corrected chi connectivity index (χ2v) is 5.62. The van der Waals surface area contributed by atoms with Crippen molar-refractivity contribution in [1.82, 2.24) is 4.90 Å². The lowest BCUT2D eigenvalue weighted by atomic mass is 9.92. The Hall–Kier alpha value is -1.39. The standard InChI is InChI=1S/C15H22N2O2/c1-15(19,13-7-3-2-4-8-13)11-17-9-5-6-12(10-17)14(16)18/h2-4,7-8,12,19H,5-6,9-11H2,1H3,(H2,16,18). The highest BCUT2D eigenvalue weighted by atomic mass is 16.3. The minimum atomic E-state index is -0.902. The fraction of sp³-hybridized carbons (Fsp3) is 0.533. The molecule has 3 N–H and O–H groups in total. The van der Waals surface area contributed by atoms with E-state index >= 15 is 0 Å². The highest BCUT2D eigenvalue weighted by Gasteiger charge is 2.30. The Balaban J connectivity index is 2.02. The third kappa shape index (κ3) is 3.55. The maximum Gasteiger partial charge on any atom is 0.221 e. The quantitative estimate of drug-likeness (QED) is 0.853. The van der Waals surface area contributed by atoms with Crippen molar-refractivity contribution in [2.75, 3.05) is 19.6 Å². The lowest BCUT2D eigenvalue weighted by Gasteiger charge is -2.36. The number of hydrogen-bond acceptors (Lipinski definition) is 3. The first kappa shape index (κ1) is 14.0. The van der Waals surface area contributed by atoms with Crippen LogP contribution >= 0.6 is 0 Å². The van der Waals surface area contributed by atoms with Crippen molar-refractivity contribution in [2.45, 2.75) is 25.4 Å². The summed E-state index contributed by atoms with van der Waals surface area (Å²) >= 11 is 0. The maximum absolute atomic E-state index is 11.3. The first-order valence-corrected chi connectivity index (χ1v) is 6.78. The number of aliphatic hydroxyl groups is 1. The first-order valence-electron chi connectivity index (χ1n) is 6.78. The Morgan fingerprint density at radius 1 is 1.47 bits per heavy atom. The Morgan fingerprint density at radius 2 is 2.16 bits per heavy atom. The van der Waals surface area contributed by atoms with Crippen LogP contribution in [0.25, 0.3) is 0 Å². The molecule has 0 aromatic heterocycles. The van der Waals surface area contributed by atoms with Gasteiger partial charge < -0.3 is 10.8 Å². The van der Waals surface area contributed by atoms with E-state index in [1.165, 1.54) is 0 Å². The van der Waals surface area contributed by atoms with Crippen LogP contribution in [0.1, 0.15) is 25.3 Å². The molecule has 2 atom stereocenters. The number of piperidine rings is 1. The predicted octanol–water partition coefficient (Wildman–Crippen LogP) is 1.09. The number of carbonyl (C=O) groups is 1. The zero-order chi connectivity index (χ0) is 13.9. The summed E-state index contributed by atoms with van der Waals surface area (Å²) in [5, 5.41) is 10.6. The van der Waals surface area contributed by atoms with E-state index in [2.05, 4.69) is 4.90 Å². The molecule has 1 aliphatic rings. The van der Waals surface area contributed by atoms with Gasteiger partial charge in [-0.15, -0.1) is 0 Å². The molecule has 1 saturated heterocycles. The van der Waals surface area contributed by atoms with Crippen LogP contribution in [-0.4, -0.2) is 35.5 Å². The minimum absolute atomic E-state index is 0.0830. The molecule has 0 radical (unpaired) electrons. The smallest absolute Gasteiger partial charge is 0.221 e. The third-order valence-corrected chi connectivity index (χ3v) is 3.84. The summed E-state index contributed by atoms with van der Waals surface area (Å²) in [4.78, 5) is 13.4. The van der Waals surface area contributed by atoms with Crippen molar-refractivity contribution in [3.05, 3.63) is 35.9 Å². The third-order valence-electron chi connectivity index (χ3n) is 3.84. The van der Waals surface area contributed by atoms with Crippen molar-refractivity contribution in [3.8, 4) is 0 Å². The van der Waals surface area contributed by atoms with Crippen LogP contribution in [0.5, 0.6) is 0 Å². The number of nitrogens with zero attached hydrogens (tertiary/aromatic N) is 1. The Labute approximate surface area is 114 Å². The molecule has 104 valence electrons. The Bertz CT molecular complexity index is 431. The number of benzene rings is 1. The number of likely N-dealkylation sites (tertiary alicyclic amines) is 1. The predicted molar refractivity (Wildman–Crippen MR) is 74.4 cm³/mol. The Kier molecular flexibility index (Phi) is 4.22. The average Bonchev–Trinajstić information content (AvgIpc) is 2.39. The van der Waals surface area contributed by atoms with Crippen LogP contribution < -0.4 is 5.73 Å². The van der Waals surface area contributed by atoms with Crippen LogP contribution in [0.2, 0.25) is 0 Å². The molecule has 0 aliphatic carbocycles. The lowest BCUT2D eigenvalue weighted by Crippen LogP contribution is -2.46. The largest absolute Gasteiger partial charge is 0.384 e. The number of hydrogen-bond donors (Lipinski definition) is 2. The molecule has 0 saturated carbocycles. The van der Waals surface area contributed by atoms with E-state index in [0.717, 1.165) is 24.9 Å². The number of primary amides is 1. The van der Waals surface area contributed by atoms with Gasteiger partial charge >= 0.3 is 0 Å². The average molecular weight is 262 g/mol. The van der Waals surface area contributed by atoms with Crippen LogP contribution in [0.3, 0.4) is 0 Å². The summed E-state index contributed by atoms with van der Waals surface area (Å²) < 4.78 is 0. The van der Waals surface area contributed by atoms with E-state index in [4.69, 9.17) is 5.73 Å². The molecule has 4 heteroatoms. The van der Waals surface area contributed by atoms with Crippen LogP contribution in [-0.2, 0) is 10.4 Å². The summed E-state index contributed by atoms with van der Waals surface area (Å²) in [7, 11) is 0. The minimum Gasteiger partial charge on any atom is -0.384 e. The van der Waals surface area contributed by atoms with Gasteiger partial charge in [-0.3, -0.25) is 9.69 Å². The molecule has 4 nitrogen and oxygen atoms in total. The molecule has 1 aromatic rings. The molecular formula is C15H22N2O2. The summed E-state index contributed by atoms with van der Waals surface area (Å²) in [6.07, 6.45) is 1.82. The number of amides is 1. The van der Waals surface area contributed by atoms with Crippen LogP contribution in [0, 0.1) is 5.92 Å². The fourth-order valence-electron chi connectivity index (χ4n) is 2.76. The molecule has 19 heavy (non-hydrogen) atoms. The lowest BCUT2D eigenvalue weighted by molar-refractivity contribution is -0.124. The summed E-state index contributed by atoms with van der Waals surface area (Å²) in [5.74, 6) is -0.315. The molecule has 1 heterocycles. The van der Waals surface area contributed by atoms with E-state index in [1.54, 1.807) is 0 Å². The van der Waals surface area contributed by atoms with Gasteiger partial charge in [-0.25, -0.2) is 0 Å². The van der Waals surface area contributed by atoms with E-state index < -0.39 is 5.60 Å². The van der Waals surface area contributed by atoms with E-state index in [-0.39, 0.29) is 11.8 Å². The first-order chi connectivity index (χ1) is 8.99. The second kappa shape index (κ2) is 5.72.